The van der Waals surface area contributed by atoms with Gasteiger partial charge in [0.25, 0.3) is 0 Å². The molecule has 0 N–H and O–H groups in total. The van der Waals surface area contributed by atoms with Crippen LogP contribution in [-0.2, 0) is 4.74 Å². The van der Waals surface area contributed by atoms with Crippen molar-refractivity contribution < 1.29 is 4.74 Å². The van der Waals surface area contributed by atoms with Crippen molar-refractivity contribution in [2.75, 3.05) is 13.2 Å². The molecule has 0 aliphatic heterocycles. The molecular formula is C10H17NO. The van der Waals surface area contributed by atoms with E-state index in [-0.39, 0.29) is 0 Å². The topological polar surface area (TPSA) is 33.0 Å². The van der Waals surface area contributed by atoms with Crippen molar-refractivity contribution in [3.8, 4) is 6.07 Å². The van der Waals surface area contributed by atoms with Gasteiger partial charge >= 0.3 is 0 Å². The highest BCUT2D eigenvalue weighted by Crippen LogP contribution is 2.24. The molecule has 0 spiro atoms. The van der Waals surface area contributed by atoms with Crippen LogP contribution in [0.25, 0.3) is 0 Å². The van der Waals surface area contributed by atoms with E-state index in [1.165, 1.54) is 25.7 Å². The lowest BCUT2D eigenvalue weighted by molar-refractivity contribution is 0.100. The maximum atomic E-state index is 8.27. The van der Waals surface area contributed by atoms with Gasteiger partial charge in [-0.15, -0.1) is 0 Å². The molecule has 0 heterocycles. The van der Waals surface area contributed by atoms with E-state index < -0.39 is 0 Å². The van der Waals surface area contributed by atoms with Gasteiger partial charge in [0.2, 0.25) is 0 Å². The van der Waals surface area contributed by atoms with Gasteiger partial charge in [-0.25, -0.2) is 0 Å². The Hall–Kier alpha value is -0.550. The third-order valence-electron chi connectivity index (χ3n) is 2.41. The van der Waals surface area contributed by atoms with Gasteiger partial charge in [0.05, 0.1) is 6.07 Å². The van der Waals surface area contributed by atoms with Crippen LogP contribution in [0, 0.1) is 17.2 Å². The molecule has 1 saturated carbocycles. The molecule has 1 aliphatic rings. The second-order valence-corrected chi connectivity index (χ2v) is 3.49. The average Bonchev–Trinajstić information content (AvgIpc) is 2.57. The van der Waals surface area contributed by atoms with Crippen LogP contribution in [0.2, 0.25) is 0 Å². The zero-order chi connectivity index (χ0) is 8.65. The molecule has 1 fully saturated rings. The summed E-state index contributed by atoms with van der Waals surface area (Å²) < 4.78 is 5.47. The summed E-state index contributed by atoms with van der Waals surface area (Å²) in [6.45, 7) is 1.69. The fraction of sp³-hybridized carbons (Fsp3) is 0.900. The molecule has 0 atom stereocenters. The predicted molar refractivity (Wildman–Crippen MR) is 47.6 cm³/mol. The lowest BCUT2D eigenvalue weighted by atomic mass is 10.1. The molecule has 2 nitrogen and oxygen atoms in total. The summed E-state index contributed by atoms with van der Waals surface area (Å²) in [6, 6.07) is 2.12. The van der Waals surface area contributed by atoms with Gasteiger partial charge in [0.15, 0.2) is 0 Å². The van der Waals surface area contributed by atoms with Crippen LogP contribution in [0.4, 0.5) is 0 Å². The molecule has 68 valence electrons. The van der Waals surface area contributed by atoms with E-state index in [0.29, 0.717) is 6.42 Å². The van der Waals surface area contributed by atoms with E-state index in [1.807, 2.05) is 0 Å². The summed E-state index contributed by atoms with van der Waals surface area (Å²) in [4.78, 5) is 0. The SMILES string of the molecule is N#CCCCOCC1CCCC1. The van der Waals surface area contributed by atoms with E-state index in [4.69, 9.17) is 10.00 Å². The Morgan fingerprint density at radius 2 is 2.08 bits per heavy atom. The van der Waals surface area contributed by atoms with E-state index >= 15 is 0 Å². The Morgan fingerprint density at radius 1 is 1.33 bits per heavy atom. The minimum absolute atomic E-state index is 0.630. The summed E-state index contributed by atoms with van der Waals surface area (Å²) in [7, 11) is 0. The molecule has 0 unspecified atom stereocenters. The van der Waals surface area contributed by atoms with Crippen LogP contribution >= 0.6 is 0 Å². The molecule has 0 amide bonds. The van der Waals surface area contributed by atoms with Gasteiger partial charge in [-0.1, -0.05) is 12.8 Å². The third kappa shape index (κ3) is 3.73. The fourth-order valence-electron chi connectivity index (χ4n) is 1.68. The first kappa shape index (κ1) is 9.54. The number of hydrogen-bond donors (Lipinski definition) is 0. The Kier molecular flexibility index (Phi) is 4.79. The van der Waals surface area contributed by atoms with Crippen molar-refractivity contribution in [1.29, 1.82) is 5.26 Å². The Morgan fingerprint density at radius 3 is 2.75 bits per heavy atom. The molecule has 0 aromatic rings. The van der Waals surface area contributed by atoms with Gasteiger partial charge in [0.1, 0.15) is 0 Å². The highest BCUT2D eigenvalue weighted by atomic mass is 16.5. The molecule has 0 aromatic heterocycles. The van der Waals surface area contributed by atoms with Crippen LogP contribution < -0.4 is 0 Å². The van der Waals surface area contributed by atoms with Crippen molar-refractivity contribution in [2.45, 2.75) is 38.5 Å². The van der Waals surface area contributed by atoms with Crippen molar-refractivity contribution in [1.82, 2.24) is 0 Å². The normalized spacial score (nSPS) is 17.9. The van der Waals surface area contributed by atoms with E-state index in [2.05, 4.69) is 6.07 Å². The third-order valence-corrected chi connectivity index (χ3v) is 2.41. The van der Waals surface area contributed by atoms with Crippen molar-refractivity contribution in [3.05, 3.63) is 0 Å². The maximum absolute atomic E-state index is 8.27. The standard InChI is InChI=1S/C10H17NO/c11-7-3-4-8-12-9-10-5-1-2-6-10/h10H,1-6,8-9H2. The average molecular weight is 167 g/mol. The molecule has 0 radical (unpaired) electrons. The Balaban J connectivity index is 1.85. The van der Waals surface area contributed by atoms with Crippen LogP contribution in [-0.4, -0.2) is 13.2 Å². The minimum Gasteiger partial charge on any atom is -0.381 e. The molecule has 1 aliphatic carbocycles. The van der Waals surface area contributed by atoms with Gasteiger partial charge in [-0.3, -0.25) is 0 Å². The number of ether oxygens (including phenoxy) is 1. The zero-order valence-corrected chi connectivity index (χ0v) is 7.59. The highest BCUT2D eigenvalue weighted by Gasteiger charge is 2.14. The second-order valence-electron chi connectivity index (χ2n) is 3.49. The van der Waals surface area contributed by atoms with Crippen LogP contribution in [0.5, 0.6) is 0 Å². The van der Waals surface area contributed by atoms with Crippen LogP contribution in [0.15, 0.2) is 0 Å². The smallest absolute Gasteiger partial charge is 0.0622 e. The van der Waals surface area contributed by atoms with E-state index in [9.17, 15) is 0 Å². The van der Waals surface area contributed by atoms with E-state index in [1.54, 1.807) is 0 Å². The van der Waals surface area contributed by atoms with Crippen molar-refractivity contribution in [3.63, 3.8) is 0 Å². The van der Waals surface area contributed by atoms with Crippen molar-refractivity contribution >= 4 is 0 Å². The molecule has 1 rings (SSSR count). The summed E-state index contributed by atoms with van der Waals surface area (Å²) >= 11 is 0. The number of nitriles is 1. The molecule has 0 aromatic carbocycles. The van der Waals surface area contributed by atoms with Crippen LogP contribution in [0.3, 0.4) is 0 Å². The maximum Gasteiger partial charge on any atom is 0.0622 e. The largest absolute Gasteiger partial charge is 0.381 e. The van der Waals surface area contributed by atoms with Crippen molar-refractivity contribution in [2.24, 2.45) is 5.92 Å². The number of rotatable bonds is 5. The van der Waals surface area contributed by atoms with Crippen LogP contribution in [0.1, 0.15) is 38.5 Å². The summed E-state index contributed by atoms with van der Waals surface area (Å²) in [5.74, 6) is 0.812. The van der Waals surface area contributed by atoms with Gasteiger partial charge < -0.3 is 4.74 Å². The predicted octanol–water partition coefficient (Wildman–Crippen LogP) is 2.50. The summed E-state index contributed by atoms with van der Waals surface area (Å²) in [6.07, 6.45) is 6.98. The zero-order valence-electron chi connectivity index (χ0n) is 7.59. The number of nitrogens with zero attached hydrogens (tertiary/aromatic N) is 1. The Labute approximate surface area is 74.5 Å². The van der Waals surface area contributed by atoms with Gasteiger partial charge in [-0.05, 0) is 25.2 Å². The molecule has 2 heteroatoms. The monoisotopic (exact) mass is 167 g/mol. The number of hydrogen-bond acceptors (Lipinski definition) is 2. The molecule has 0 saturated heterocycles. The number of unbranched alkanes of at least 4 members (excludes halogenated alkanes) is 1. The highest BCUT2D eigenvalue weighted by molar-refractivity contribution is 4.68. The molecule has 0 bridgehead atoms. The van der Waals surface area contributed by atoms with Gasteiger partial charge in [0, 0.05) is 19.6 Å². The fourth-order valence-corrected chi connectivity index (χ4v) is 1.68. The minimum atomic E-state index is 0.630. The molecule has 12 heavy (non-hydrogen) atoms. The first-order chi connectivity index (χ1) is 5.93. The summed E-state index contributed by atoms with van der Waals surface area (Å²) in [5.41, 5.74) is 0. The first-order valence-electron chi connectivity index (χ1n) is 4.88. The van der Waals surface area contributed by atoms with Gasteiger partial charge in [-0.2, -0.15) is 5.26 Å². The second kappa shape index (κ2) is 6.02. The summed E-state index contributed by atoms with van der Waals surface area (Å²) in [5, 5.41) is 8.27. The lowest BCUT2D eigenvalue weighted by Crippen LogP contribution is -2.06. The lowest BCUT2D eigenvalue weighted by Gasteiger charge is -2.08. The van der Waals surface area contributed by atoms with E-state index in [0.717, 1.165) is 25.6 Å². The Bertz CT molecular complexity index is 144. The first-order valence-corrected chi connectivity index (χ1v) is 4.88. The quantitative estimate of drug-likeness (QED) is 0.589. The molecular weight excluding hydrogens is 150 g/mol.